The maximum Gasteiger partial charge on any atom is 0.335 e. The van der Waals surface area contributed by atoms with E-state index in [1.165, 1.54) is 16.9 Å². The molecule has 0 saturated heterocycles. The van der Waals surface area contributed by atoms with Crippen molar-refractivity contribution in [3.63, 3.8) is 0 Å². The fourth-order valence-corrected chi connectivity index (χ4v) is 3.00. The third-order valence-electron chi connectivity index (χ3n) is 4.67. The lowest BCUT2D eigenvalue weighted by Crippen LogP contribution is -2.04. The van der Waals surface area contributed by atoms with E-state index in [9.17, 15) is 4.79 Å². The van der Waals surface area contributed by atoms with Crippen LogP contribution in [0.3, 0.4) is 0 Å². The summed E-state index contributed by atoms with van der Waals surface area (Å²) in [6.45, 7) is 0.819. The van der Waals surface area contributed by atoms with Gasteiger partial charge in [0.05, 0.1) is 18.7 Å². The van der Waals surface area contributed by atoms with Gasteiger partial charge >= 0.3 is 5.97 Å². The number of benzene rings is 3. The van der Waals surface area contributed by atoms with Crippen molar-refractivity contribution in [2.75, 3.05) is 0 Å². The molecule has 0 unspecified atom stereocenters. The van der Waals surface area contributed by atoms with Crippen molar-refractivity contribution in [3.8, 4) is 17.1 Å². The number of nitrogens with zero attached hydrogens (tertiary/aromatic N) is 4. The van der Waals surface area contributed by atoms with Gasteiger partial charge in [0.25, 0.3) is 0 Å². The number of carboxylic acids is 1. The average Bonchev–Trinajstić information content (AvgIpc) is 3.27. The third-order valence-corrected chi connectivity index (χ3v) is 4.67. The minimum Gasteiger partial charge on any atom is -0.489 e. The van der Waals surface area contributed by atoms with Crippen molar-refractivity contribution < 1.29 is 19.7 Å². The van der Waals surface area contributed by atoms with Crippen LogP contribution in [0.1, 0.15) is 27.0 Å². The summed E-state index contributed by atoms with van der Waals surface area (Å²) in [7, 11) is 0. The number of aliphatic hydroxyl groups excluding tert-OH is 1. The summed E-state index contributed by atoms with van der Waals surface area (Å²) in [5.41, 5.74) is 3.83. The topological polar surface area (TPSA) is 110 Å². The highest BCUT2D eigenvalue weighted by atomic mass is 16.5. The van der Waals surface area contributed by atoms with Gasteiger partial charge in [-0.05, 0) is 52.2 Å². The van der Waals surface area contributed by atoms with Gasteiger partial charge in [0, 0.05) is 5.56 Å². The molecule has 0 saturated carbocycles. The Hall–Kier alpha value is -4.04. The molecule has 31 heavy (non-hydrogen) atoms. The van der Waals surface area contributed by atoms with Gasteiger partial charge in [-0.2, -0.15) is 4.80 Å². The fraction of sp³-hybridized carbons (Fsp3) is 0.130. The van der Waals surface area contributed by atoms with Crippen LogP contribution >= 0.6 is 0 Å². The fourth-order valence-electron chi connectivity index (χ4n) is 3.00. The zero-order chi connectivity index (χ0) is 21.6. The lowest BCUT2D eigenvalue weighted by Gasteiger charge is -2.07. The quantitative estimate of drug-likeness (QED) is 0.454. The molecule has 0 atom stereocenters. The Balaban J connectivity index is 1.41. The van der Waals surface area contributed by atoms with Crippen molar-refractivity contribution in [3.05, 3.63) is 95.1 Å². The first kappa shape index (κ1) is 20.2. The molecule has 0 fully saturated rings. The lowest BCUT2D eigenvalue weighted by atomic mass is 10.1. The third kappa shape index (κ3) is 5.12. The van der Waals surface area contributed by atoms with Crippen LogP contribution in [0.15, 0.2) is 72.8 Å². The Morgan fingerprint density at radius 2 is 1.68 bits per heavy atom. The van der Waals surface area contributed by atoms with Crippen molar-refractivity contribution in [2.45, 2.75) is 19.8 Å². The van der Waals surface area contributed by atoms with Crippen molar-refractivity contribution >= 4 is 5.97 Å². The smallest absolute Gasteiger partial charge is 0.335 e. The minimum absolute atomic E-state index is 0.0136. The summed E-state index contributed by atoms with van der Waals surface area (Å²) in [5, 5.41) is 30.8. The highest BCUT2D eigenvalue weighted by Crippen LogP contribution is 2.19. The van der Waals surface area contributed by atoms with Crippen LogP contribution in [0, 0.1) is 0 Å². The summed E-state index contributed by atoms with van der Waals surface area (Å²) in [6, 6.07) is 21.5. The molecule has 0 aliphatic rings. The van der Waals surface area contributed by atoms with E-state index in [2.05, 4.69) is 15.4 Å². The molecule has 0 spiro atoms. The normalized spacial score (nSPS) is 10.7. The van der Waals surface area contributed by atoms with Crippen LogP contribution in [0.25, 0.3) is 11.4 Å². The second-order valence-electron chi connectivity index (χ2n) is 6.94. The Morgan fingerprint density at radius 1 is 0.935 bits per heavy atom. The van der Waals surface area contributed by atoms with Gasteiger partial charge < -0.3 is 14.9 Å². The predicted molar refractivity (Wildman–Crippen MR) is 112 cm³/mol. The van der Waals surface area contributed by atoms with Gasteiger partial charge in [-0.1, -0.05) is 42.5 Å². The molecule has 0 amide bonds. The number of aromatic nitrogens is 4. The lowest BCUT2D eigenvalue weighted by molar-refractivity contribution is 0.0697. The summed E-state index contributed by atoms with van der Waals surface area (Å²) >= 11 is 0. The Labute approximate surface area is 178 Å². The zero-order valence-electron chi connectivity index (χ0n) is 16.5. The summed E-state index contributed by atoms with van der Waals surface area (Å²) in [5.74, 6) is 0.133. The average molecular weight is 416 g/mol. The number of aliphatic hydroxyl groups is 1. The van der Waals surface area contributed by atoms with Crippen LogP contribution in [-0.4, -0.2) is 36.4 Å². The van der Waals surface area contributed by atoms with Crippen LogP contribution < -0.4 is 4.74 Å². The van der Waals surface area contributed by atoms with Crippen LogP contribution in [-0.2, 0) is 19.8 Å². The molecule has 2 N–H and O–H groups in total. The van der Waals surface area contributed by atoms with Gasteiger partial charge in [0.1, 0.15) is 12.4 Å². The Morgan fingerprint density at radius 3 is 2.39 bits per heavy atom. The minimum atomic E-state index is -0.970. The molecule has 0 bridgehead atoms. The van der Waals surface area contributed by atoms with Crippen molar-refractivity contribution in [2.24, 2.45) is 0 Å². The number of carboxylic acid groups (broad SMARTS) is 1. The number of hydrogen-bond acceptors (Lipinski definition) is 6. The van der Waals surface area contributed by atoms with Gasteiger partial charge in [-0.25, -0.2) is 4.79 Å². The number of aromatic carboxylic acids is 1. The van der Waals surface area contributed by atoms with E-state index in [4.69, 9.17) is 14.9 Å². The molecule has 3 aromatic carbocycles. The summed E-state index contributed by atoms with van der Waals surface area (Å²) in [4.78, 5) is 12.4. The first-order chi connectivity index (χ1) is 15.1. The maximum absolute atomic E-state index is 10.9. The maximum atomic E-state index is 10.9. The van der Waals surface area contributed by atoms with Crippen LogP contribution in [0.5, 0.6) is 5.75 Å². The molecular weight excluding hydrogens is 396 g/mol. The number of ether oxygens (including phenoxy) is 1. The van der Waals surface area contributed by atoms with Crippen molar-refractivity contribution in [1.82, 2.24) is 20.2 Å². The molecular formula is C23H20N4O4. The molecule has 1 aromatic heterocycles. The van der Waals surface area contributed by atoms with E-state index in [0.29, 0.717) is 24.7 Å². The molecule has 156 valence electrons. The molecule has 0 aliphatic heterocycles. The van der Waals surface area contributed by atoms with Gasteiger partial charge in [-0.3, -0.25) is 0 Å². The van der Waals surface area contributed by atoms with E-state index < -0.39 is 5.97 Å². The number of carbonyl (C=O) groups is 1. The van der Waals surface area contributed by atoms with Crippen LogP contribution in [0.4, 0.5) is 0 Å². The van der Waals surface area contributed by atoms with Crippen molar-refractivity contribution in [1.29, 1.82) is 0 Å². The van der Waals surface area contributed by atoms with E-state index in [1.807, 2.05) is 48.5 Å². The number of tetrazole rings is 1. The predicted octanol–water partition coefficient (Wildman–Crippen LogP) is 3.16. The van der Waals surface area contributed by atoms with E-state index in [1.54, 1.807) is 12.1 Å². The van der Waals surface area contributed by atoms with Gasteiger partial charge in [0.2, 0.25) is 5.82 Å². The van der Waals surface area contributed by atoms with Gasteiger partial charge in [0.15, 0.2) is 0 Å². The molecule has 0 aliphatic carbocycles. The monoisotopic (exact) mass is 416 g/mol. The molecule has 8 nitrogen and oxygen atoms in total. The summed E-state index contributed by atoms with van der Waals surface area (Å²) in [6.07, 6.45) is 0. The highest BCUT2D eigenvalue weighted by molar-refractivity contribution is 5.87. The Bertz CT molecular complexity index is 1170. The zero-order valence-corrected chi connectivity index (χ0v) is 16.5. The number of rotatable bonds is 8. The SMILES string of the molecule is O=C(O)c1ccc(OCc2cccc(-c3nnn(Cc4ccc(CO)cc4)n3)c2)cc1. The van der Waals surface area contributed by atoms with E-state index in [0.717, 1.165) is 22.3 Å². The molecule has 0 radical (unpaired) electrons. The Kier molecular flexibility index (Phi) is 6.00. The second-order valence-corrected chi connectivity index (χ2v) is 6.94. The highest BCUT2D eigenvalue weighted by Gasteiger charge is 2.08. The van der Waals surface area contributed by atoms with Gasteiger partial charge in [-0.15, -0.1) is 10.2 Å². The van der Waals surface area contributed by atoms with E-state index in [-0.39, 0.29) is 12.2 Å². The summed E-state index contributed by atoms with van der Waals surface area (Å²) < 4.78 is 5.75. The molecule has 4 aromatic rings. The largest absolute Gasteiger partial charge is 0.489 e. The molecule has 1 heterocycles. The van der Waals surface area contributed by atoms with E-state index >= 15 is 0 Å². The molecule has 8 heteroatoms. The molecule has 4 rings (SSSR count). The second kappa shape index (κ2) is 9.19. The standard InChI is InChI=1S/C23H20N4O4/c28-14-17-6-4-16(5-7-17)13-27-25-22(24-26-27)20-3-1-2-18(12-20)15-31-21-10-8-19(9-11-21)23(29)30/h1-12,28H,13-15H2,(H,29,30). The van der Waals surface area contributed by atoms with Crippen LogP contribution in [0.2, 0.25) is 0 Å². The first-order valence-corrected chi connectivity index (χ1v) is 9.62. The first-order valence-electron chi connectivity index (χ1n) is 9.62. The number of hydrogen-bond donors (Lipinski definition) is 2.